The summed E-state index contributed by atoms with van der Waals surface area (Å²) >= 11 is 3.38. The third-order valence-corrected chi connectivity index (χ3v) is 5.05. The van der Waals surface area contributed by atoms with Crippen molar-refractivity contribution in [2.45, 2.75) is 13.8 Å². The van der Waals surface area contributed by atoms with Crippen molar-refractivity contribution in [3.63, 3.8) is 0 Å². The van der Waals surface area contributed by atoms with Crippen molar-refractivity contribution in [1.82, 2.24) is 4.98 Å². The van der Waals surface area contributed by atoms with Crippen molar-refractivity contribution >= 4 is 38.6 Å². The summed E-state index contributed by atoms with van der Waals surface area (Å²) in [5, 5.41) is 3.11. The molecule has 2 N–H and O–H groups in total. The molecule has 0 aliphatic rings. The average Bonchev–Trinajstić information content (AvgIpc) is 2.83. The molecule has 2 aromatic heterocycles. The van der Waals surface area contributed by atoms with Crippen LogP contribution in [-0.4, -0.2) is 4.98 Å². The molecule has 2 nitrogen and oxygen atoms in total. The molecule has 3 rings (SSSR count). The standard InChI is InChI=1S/C13H12N2S2/c1-7-3-4-9-10(5-7)17-13(15-9)12-11(14)8(2)6-16-12/h3-6H,14H2,1-2H3. The van der Waals surface area contributed by atoms with Crippen molar-refractivity contribution in [2.24, 2.45) is 0 Å². The lowest BCUT2D eigenvalue weighted by molar-refractivity contribution is 1.46. The molecule has 4 heteroatoms. The highest BCUT2D eigenvalue weighted by Gasteiger charge is 2.12. The van der Waals surface area contributed by atoms with Gasteiger partial charge in [0.25, 0.3) is 0 Å². The molecule has 0 saturated carbocycles. The van der Waals surface area contributed by atoms with Gasteiger partial charge in [0.1, 0.15) is 5.01 Å². The third-order valence-electron chi connectivity index (χ3n) is 2.76. The molecule has 0 bridgehead atoms. The molecule has 0 radical (unpaired) electrons. The fourth-order valence-corrected chi connectivity index (χ4v) is 3.89. The molecule has 0 atom stereocenters. The predicted octanol–water partition coefficient (Wildman–Crippen LogP) is 4.22. The molecule has 0 unspecified atom stereocenters. The highest BCUT2D eigenvalue weighted by atomic mass is 32.1. The SMILES string of the molecule is Cc1ccc2nc(-c3scc(C)c3N)sc2c1. The third kappa shape index (κ3) is 1.73. The van der Waals surface area contributed by atoms with E-state index in [2.05, 4.69) is 35.5 Å². The van der Waals surface area contributed by atoms with Crippen LogP contribution < -0.4 is 5.73 Å². The summed E-state index contributed by atoms with van der Waals surface area (Å²) in [6.45, 7) is 4.13. The first-order chi connectivity index (χ1) is 8.15. The van der Waals surface area contributed by atoms with Gasteiger partial charge < -0.3 is 5.73 Å². The van der Waals surface area contributed by atoms with Gasteiger partial charge in [-0.1, -0.05) is 6.07 Å². The zero-order valence-corrected chi connectivity index (χ0v) is 11.3. The number of nitrogens with zero attached hydrogens (tertiary/aromatic N) is 1. The monoisotopic (exact) mass is 260 g/mol. The smallest absolute Gasteiger partial charge is 0.136 e. The Kier molecular flexibility index (Phi) is 2.42. The van der Waals surface area contributed by atoms with Crippen molar-refractivity contribution in [3.8, 4) is 9.88 Å². The number of thiophene rings is 1. The van der Waals surface area contributed by atoms with Gasteiger partial charge in [0.2, 0.25) is 0 Å². The highest BCUT2D eigenvalue weighted by molar-refractivity contribution is 7.25. The van der Waals surface area contributed by atoms with Gasteiger partial charge in [0, 0.05) is 0 Å². The fraction of sp³-hybridized carbons (Fsp3) is 0.154. The van der Waals surface area contributed by atoms with Gasteiger partial charge in [-0.3, -0.25) is 0 Å². The van der Waals surface area contributed by atoms with Crippen molar-refractivity contribution in [2.75, 3.05) is 5.73 Å². The zero-order chi connectivity index (χ0) is 12.0. The maximum absolute atomic E-state index is 6.06. The first-order valence-corrected chi connectivity index (χ1v) is 7.06. The van der Waals surface area contributed by atoms with Gasteiger partial charge in [-0.25, -0.2) is 4.98 Å². The molecule has 17 heavy (non-hydrogen) atoms. The minimum Gasteiger partial charge on any atom is -0.397 e. The van der Waals surface area contributed by atoms with E-state index in [4.69, 9.17) is 5.73 Å². The van der Waals surface area contributed by atoms with Gasteiger partial charge in [0.15, 0.2) is 0 Å². The maximum Gasteiger partial charge on any atom is 0.136 e. The van der Waals surface area contributed by atoms with Crippen LogP contribution in [0.3, 0.4) is 0 Å². The van der Waals surface area contributed by atoms with Crippen molar-refractivity contribution in [1.29, 1.82) is 0 Å². The second kappa shape index (κ2) is 3.82. The van der Waals surface area contributed by atoms with Crippen LogP contribution in [0.4, 0.5) is 5.69 Å². The molecular weight excluding hydrogens is 248 g/mol. The summed E-state index contributed by atoms with van der Waals surface area (Å²) in [5.41, 5.74) is 10.4. The van der Waals surface area contributed by atoms with Crippen LogP contribution in [0.2, 0.25) is 0 Å². The molecule has 0 aliphatic carbocycles. The molecular formula is C13H12N2S2. The van der Waals surface area contributed by atoms with Crippen LogP contribution in [0.15, 0.2) is 23.6 Å². The summed E-state index contributed by atoms with van der Waals surface area (Å²) in [5.74, 6) is 0. The minimum absolute atomic E-state index is 0.866. The van der Waals surface area contributed by atoms with Gasteiger partial charge in [-0.15, -0.1) is 22.7 Å². The summed E-state index contributed by atoms with van der Waals surface area (Å²) in [7, 11) is 0. The Morgan fingerprint density at radius 1 is 1.24 bits per heavy atom. The largest absolute Gasteiger partial charge is 0.397 e. The number of rotatable bonds is 1. The maximum atomic E-state index is 6.06. The number of aryl methyl sites for hydroxylation is 2. The Balaban J connectivity index is 2.21. The molecule has 2 heterocycles. The highest BCUT2D eigenvalue weighted by Crippen LogP contribution is 2.38. The molecule has 0 fully saturated rings. The number of thiazole rings is 1. The van der Waals surface area contributed by atoms with E-state index in [1.54, 1.807) is 22.7 Å². The lowest BCUT2D eigenvalue weighted by Gasteiger charge is -1.93. The second-order valence-electron chi connectivity index (χ2n) is 4.15. The van der Waals surface area contributed by atoms with Crippen molar-refractivity contribution in [3.05, 3.63) is 34.7 Å². The first kappa shape index (κ1) is 10.7. The van der Waals surface area contributed by atoms with Crippen LogP contribution in [-0.2, 0) is 0 Å². The lowest BCUT2D eigenvalue weighted by Crippen LogP contribution is -1.86. The average molecular weight is 260 g/mol. The van der Waals surface area contributed by atoms with Crippen LogP contribution in [0.1, 0.15) is 11.1 Å². The van der Waals surface area contributed by atoms with E-state index in [1.165, 1.54) is 10.3 Å². The first-order valence-electron chi connectivity index (χ1n) is 5.36. The second-order valence-corrected chi connectivity index (χ2v) is 6.06. The number of nitrogen functional groups attached to an aromatic ring is 1. The number of aromatic nitrogens is 1. The van der Waals surface area contributed by atoms with Crippen LogP contribution in [0.5, 0.6) is 0 Å². The molecule has 1 aromatic carbocycles. The Labute approximate surface area is 108 Å². The fourth-order valence-electron chi connectivity index (χ4n) is 1.75. The number of fused-ring (bicyclic) bond motifs is 1. The van der Waals surface area contributed by atoms with Gasteiger partial charge in [-0.05, 0) is 42.5 Å². The number of hydrogen-bond acceptors (Lipinski definition) is 4. The van der Waals surface area contributed by atoms with Gasteiger partial charge in [0.05, 0.1) is 20.8 Å². The topological polar surface area (TPSA) is 38.9 Å². The Hall–Kier alpha value is -1.39. The zero-order valence-electron chi connectivity index (χ0n) is 9.65. The van der Waals surface area contributed by atoms with E-state index in [9.17, 15) is 0 Å². The van der Waals surface area contributed by atoms with E-state index in [0.717, 1.165) is 26.7 Å². The Morgan fingerprint density at radius 3 is 2.76 bits per heavy atom. The van der Waals surface area contributed by atoms with Crippen LogP contribution >= 0.6 is 22.7 Å². The van der Waals surface area contributed by atoms with Crippen LogP contribution in [0, 0.1) is 13.8 Å². The predicted molar refractivity (Wildman–Crippen MR) is 76.8 cm³/mol. The number of anilines is 1. The summed E-state index contributed by atoms with van der Waals surface area (Å²) in [6, 6.07) is 6.34. The lowest BCUT2D eigenvalue weighted by atomic mass is 10.2. The van der Waals surface area contributed by atoms with Gasteiger partial charge >= 0.3 is 0 Å². The van der Waals surface area contributed by atoms with Crippen molar-refractivity contribution < 1.29 is 0 Å². The van der Waals surface area contributed by atoms with E-state index in [1.807, 2.05) is 6.92 Å². The molecule has 0 aliphatic heterocycles. The number of hydrogen-bond donors (Lipinski definition) is 1. The molecule has 0 amide bonds. The minimum atomic E-state index is 0.866. The van der Waals surface area contributed by atoms with E-state index in [0.29, 0.717) is 0 Å². The summed E-state index contributed by atoms with van der Waals surface area (Å²) < 4.78 is 1.23. The molecule has 0 spiro atoms. The summed E-state index contributed by atoms with van der Waals surface area (Å²) in [4.78, 5) is 5.75. The quantitative estimate of drug-likeness (QED) is 0.711. The van der Waals surface area contributed by atoms with Gasteiger partial charge in [-0.2, -0.15) is 0 Å². The number of benzene rings is 1. The van der Waals surface area contributed by atoms with Crippen LogP contribution in [0.25, 0.3) is 20.1 Å². The molecule has 3 aromatic rings. The van der Waals surface area contributed by atoms with E-state index < -0.39 is 0 Å². The summed E-state index contributed by atoms with van der Waals surface area (Å²) in [6.07, 6.45) is 0. The number of nitrogens with two attached hydrogens (primary N) is 1. The Bertz CT molecular complexity index is 695. The molecule has 0 saturated heterocycles. The van der Waals surface area contributed by atoms with E-state index >= 15 is 0 Å². The normalized spacial score (nSPS) is 11.2. The molecule has 86 valence electrons. The Morgan fingerprint density at radius 2 is 2.06 bits per heavy atom. The van der Waals surface area contributed by atoms with E-state index in [-0.39, 0.29) is 0 Å².